The molecule has 0 bridgehead atoms. The summed E-state index contributed by atoms with van der Waals surface area (Å²) in [6.45, 7) is -12.8. The highest BCUT2D eigenvalue weighted by atomic mass is 32.2. The van der Waals surface area contributed by atoms with E-state index in [9.17, 15) is 8.42 Å². The van der Waals surface area contributed by atoms with Crippen LogP contribution < -0.4 is 15.4 Å². The molecule has 4 rings (SSSR count). The summed E-state index contributed by atoms with van der Waals surface area (Å²) in [7, 11) is -4.60. The SMILES string of the molecule is [2H]c1nc(Nc2ccc(C([2H])([2H])[2H])c(S(N)(=O)=O)c2)nc(N(c2c([2H])c([2H])c3c(C([2H])([2H])[2H])n(C([2H])([2H])[2H])nc3c2[2H])C([2H])([2H])[2H])c1[2H]. The molecule has 3 N–H and O–H groups in total. The largest absolute Gasteiger partial charge is 0.329 e. The Balaban J connectivity index is 2.00. The molecule has 2 heterocycles. The van der Waals surface area contributed by atoms with E-state index in [0.717, 1.165) is 18.2 Å². The van der Waals surface area contributed by atoms with Crippen LogP contribution in [0.3, 0.4) is 0 Å². The third-order valence-electron chi connectivity index (χ3n) is 3.95. The highest BCUT2D eigenvalue weighted by molar-refractivity contribution is 7.89. The summed E-state index contributed by atoms with van der Waals surface area (Å²) < 4.78 is 161. The van der Waals surface area contributed by atoms with Gasteiger partial charge in [0.1, 0.15) is 5.82 Å². The number of aryl methyl sites for hydroxylation is 3. The highest BCUT2D eigenvalue weighted by Crippen LogP contribution is 2.28. The van der Waals surface area contributed by atoms with Gasteiger partial charge in [0, 0.05) is 59.0 Å². The number of hydrogen-bond acceptors (Lipinski definition) is 7. The molecule has 0 amide bonds. The van der Waals surface area contributed by atoms with Crippen molar-refractivity contribution in [2.45, 2.75) is 18.6 Å². The van der Waals surface area contributed by atoms with Gasteiger partial charge in [-0.1, -0.05) is 6.07 Å². The first kappa shape index (κ1) is 8.56. The van der Waals surface area contributed by atoms with E-state index in [-0.39, 0.29) is 15.3 Å². The molecule has 0 spiro atoms. The Morgan fingerprint density at radius 1 is 1.26 bits per heavy atom. The van der Waals surface area contributed by atoms with Crippen molar-refractivity contribution in [3.8, 4) is 0 Å². The van der Waals surface area contributed by atoms with Crippen molar-refractivity contribution < 1.29 is 31.7 Å². The fourth-order valence-electron chi connectivity index (χ4n) is 2.52. The lowest BCUT2D eigenvalue weighted by molar-refractivity contribution is 0.597. The van der Waals surface area contributed by atoms with E-state index >= 15 is 0 Å². The second kappa shape index (κ2) is 7.64. The lowest BCUT2D eigenvalue weighted by Crippen LogP contribution is -2.14. The van der Waals surface area contributed by atoms with E-state index in [1.54, 1.807) is 0 Å². The van der Waals surface area contributed by atoms with E-state index in [1.165, 1.54) is 0 Å². The van der Waals surface area contributed by atoms with Crippen molar-refractivity contribution in [2.24, 2.45) is 12.1 Å². The summed E-state index contributed by atoms with van der Waals surface area (Å²) in [5, 5.41) is 10.6. The van der Waals surface area contributed by atoms with Gasteiger partial charge < -0.3 is 10.2 Å². The summed E-state index contributed by atoms with van der Waals surface area (Å²) in [6, 6.07) is -1.27. The van der Waals surface area contributed by atoms with Crippen LogP contribution in [-0.2, 0) is 17.0 Å². The van der Waals surface area contributed by atoms with Crippen LogP contribution in [0, 0.1) is 13.7 Å². The van der Waals surface area contributed by atoms with E-state index in [1.807, 2.05) is 0 Å². The third kappa shape index (κ3) is 4.07. The second-order valence-corrected chi connectivity index (χ2v) is 7.56. The van der Waals surface area contributed by atoms with Crippen LogP contribution >= 0.6 is 0 Å². The lowest BCUT2D eigenvalue weighted by Gasteiger charge is -2.19. The van der Waals surface area contributed by atoms with Gasteiger partial charge in [-0.3, -0.25) is 4.68 Å². The van der Waals surface area contributed by atoms with Gasteiger partial charge in [-0.2, -0.15) is 10.1 Å². The topological polar surface area (TPSA) is 119 Å². The molecule has 0 aliphatic rings. The summed E-state index contributed by atoms with van der Waals surface area (Å²) >= 11 is 0. The molecule has 31 heavy (non-hydrogen) atoms. The minimum absolute atomic E-state index is 0.0848. The number of nitrogens with one attached hydrogen (secondary N) is 1. The summed E-state index contributed by atoms with van der Waals surface area (Å²) in [5.74, 6) is -1.60. The Bertz CT molecular complexity index is 2050. The van der Waals surface area contributed by atoms with E-state index in [4.69, 9.17) is 28.4 Å². The number of nitrogens with zero attached hydrogens (tertiary/aromatic N) is 5. The van der Waals surface area contributed by atoms with Crippen LogP contribution in [0.5, 0.6) is 0 Å². The zero-order valence-corrected chi connectivity index (χ0v) is 16.1. The van der Waals surface area contributed by atoms with Crippen molar-refractivity contribution in [3.63, 3.8) is 0 Å². The van der Waals surface area contributed by atoms with Crippen LogP contribution in [0.2, 0.25) is 0 Å². The Morgan fingerprint density at radius 3 is 2.90 bits per heavy atom. The molecule has 0 unspecified atom stereocenters. The maximum absolute atomic E-state index is 12.2. The van der Waals surface area contributed by atoms with Gasteiger partial charge in [0.25, 0.3) is 0 Å². The second-order valence-electron chi connectivity index (χ2n) is 6.03. The van der Waals surface area contributed by atoms with Crippen molar-refractivity contribution in [3.05, 3.63) is 59.8 Å². The third-order valence-corrected chi connectivity index (χ3v) is 4.90. The van der Waals surface area contributed by atoms with Gasteiger partial charge in [0.05, 0.1) is 17.3 Å². The van der Waals surface area contributed by atoms with E-state index in [0.29, 0.717) is 0 Å². The van der Waals surface area contributed by atoms with Gasteiger partial charge in [-0.05, 0) is 55.6 Å². The lowest BCUT2D eigenvalue weighted by atomic mass is 10.2. The van der Waals surface area contributed by atoms with Gasteiger partial charge in [-0.15, -0.1) is 0 Å². The Morgan fingerprint density at radius 2 is 2.16 bits per heavy atom. The number of rotatable bonds is 5. The molecular formula is C21H23N7O2S. The molecule has 9 nitrogen and oxygen atoms in total. The average molecular weight is 455 g/mol. The van der Waals surface area contributed by atoms with Crippen molar-refractivity contribution in [1.29, 1.82) is 0 Å². The first-order chi connectivity index (χ1) is 21.6. The number of anilines is 4. The highest BCUT2D eigenvalue weighted by Gasteiger charge is 2.14. The Hall–Kier alpha value is -3.50. The Labute approximate surface area is 204 Å². The van der Waals surface area contributed by atoms with Crippen molar-refractivity contribution in [2.75, 3.05) is 17.2 Å². The molecule has 0 fully saturated rings. The number of nitrogens with two attached hydrogens (primary N) is 1. The minimum atomic E-state index is -4.60. The number of fused-ring (bicyclic) bond motifs is 1. The summed E-state index contributed by atoms with van der Waals surface area (Å²) in [4.78, 5) is 7.00. The number of aromatic nitrogens is 4. The van der Waals surface area contributed by atoms with Crippen molar-refractivity contribution >= 4 is 44.1 Å². The number of sulfonamides is 1. The first-order valence-electron chi connectivity index (χ1n) is 16.7. The molecular weight excluding hydrogens is 414 g/mol. The molecule has 0 aliphatic heterocycles. The van der Waals surface area contributed by atoms with Crippen molar-refractivity contribution in [1.82, 2.24) is 19.7 Å². The standard InChI is InChI=1S/C21H23N7O2S/c1-13-5-6-15(11-19(13)31(22,29)30)24-21-23-10-9-20(25-21)27(3)16-7-8-17-14(2)28(4)26-18(17)12-16/h5-12H,1-4H3,(H2,22,29,30)(H,23,24,25)/i1D3,2D3,3D3,4D3,7D,8D,9D,10D,12D. The molecule has 2 aromatic carbocycles. The number of primary sulfonamides is 1. The molecule has 4 aromatic rings. The smallest absolute Gasteiger partial charge is 0.238 e. The maximum atomic E-state index is 12.2. The van der Waals surface area contributed by atoms with E-state index < -0.39 is 113 Å². The monoisotopic (exact) mass is 454 g/mol. The quantitative estimate of drug-likeness (QED) is 0.475. The van der Waals surface area contributed by atoms with Gasteiger partial charge in [-0.25, -0.2) is 18.5 Å². The molecule has 0 saturated heterocycles. The molecule has 0 aliphatic carbocycles. The summed E-state index contributed by atoms with van der Waals surface area (Å²) in [5.41, 5.74) is -3.57. The minimum Gasteiger partial charge on any atom is -0.329 e. The zero-order valence-electron chi connectivity index (χ0n) is 32.3. The predicted molar refractivity (Wildman–Crippen MR) is 121 cm³/mol. The first-order valence-corrected chi connectivity index (χ1v) is 9.74. The van der Waals surface area contributed by atoms with Crippen LogP contribution in [-0.4, -0.2) is 35.1 Å². The van der Waals surface area contributed by atoms with Crippen LogP contribution in [0.15, 0.2) is 53.4 Å². The number of benzene rings is 2. The molecule has 160 valence electrons. The normalized spacial score (nSPS) is 21.3. The fourth-order valence-corrected chi connectivity index (χ4v) is 3.18. The summed E-state index contributed by atoms with van der Waals surface area (Å²) in [6.07, 6.45) is -0.927. The molecule has 0 saturated carbocycles. The van der Waals surface area contributed by atoms with Crippen LogP contribution in [0.25, 0.3) is 10.9 Å². The average Bonchev–Trinajstić information content (AvgIpc) is 3.33. The van der Waals surface area contributed by atoms with Gasteiger partial charge >= 0.3 is 0 Å². The predicted octanol–water partition coefficient (Wildman–Crippen LogP) is 3.14. The van der Waals surface area contributed by atoms with Crippen LogP contribution in [0.1, 0.15) is 34.6 Å². The molecule has 0 atom stereocenters. The molecule has 10 heteroatoms. The van der Waals surface area contributed by atoms with Gasteiger partial charge in [0.2, 0.25) is 16.0 Å². The Kier molecular flexibility index (Phi) is 2.11. The zero-order chi connectivity index (χ0) is 36.7. The number of hydrogen-bond donors (Lipinski definition) is 2. The molecule has 0 radical (unpaired) electrons. The van der Waals surface area contributed by atoms with Gasteiger partial charge in [0.15, 0.2) is 0 Å². The molecule has 2 aromatic heterocycles. The fraction of sp³-hybridized carbons (Fsp3) is 0.190. The van der Waals surface area contributed by atoms with Crippen LogP contribution in [0.4, 0.5) is 23.1 Å². The van der Waals surface area contributed by atoms with E-state index in [2.05, 4.69) is 20.4 Å². The maximum Gasteiger partial charge on any atom is 0.238 e.